The van der Waals surface area contributed by atoms with Crippen LogP contribution < -0.4 is 4.74 Å². The second-order valence-corrected chi connectivity index (χ2v) is 9.45. The Morgan fingerprint density at radius 2 is 1.72 bits per heavy atom. The molecule has 0 fully saturated rings. The SMILES string of the molecule is COc1cccc2c1C(=O)c1c(O)c3c(c(O)c1C2=O)C[C@](O)(C(C)=O)C[C@@H]3S(=O)(=O)O. The molecule has 4 N–H and O–H groups in total. The maximum atomic E-state index is 13.3. The summed E-state index contributed by atoms with van der Waals surface area (Å²) < 4.78 is 39.1. The first kappa shape index (κ1) is 21.9. The largest absolute Gasteiger partial charge is 0.507 e. The van der Waals surface area contributed by atoms with Gasteiger partial charge in [0.05, 0.1) is 23.8 Å². The number of carbonyl (C=O) groups excluding carboxylic acids is 3. The Hall–Kier alpha value is -3.28. The number of aromatic hydroxyl groups is 2. The molecule has 0 saturated heterocycles. The zero-order chi connectivity index (χ0) is 23.7. The van der Waals surface area contributed by atoms with Crippen molar-refractivity contribution in [1.82, 2.24) is 0 Å². The van der Waals surface area contributed by atoms with Crippen LogP contribution in [0.5, 0.6) is 17.2 Å². The smallest absolute Gasteiger partial charge is 0.272 e. The van der Waals surface area contributed by atoms with Gasteiger partial charge in [0.25, 0.3) is 10.1 Å². The van der Waals surface area contributed by atoms with Gasteiger partial charge in [-0.1, -0.05) is 12.1 Å². The lowest BCUT2D eigenvalue weighted by Gasteiger charge is -2.37. The number of phenols is 2. The summed E-state index contributed by atoms with van der Waals surface area (Å²) >= 11 is 0. The second kappa shape index (κ2) is 6.86. The summed E-state index contributed by atoms with van der Waals surface area (Å²) in [4.78, 5) is 38.5. The molecule has 0 aliphatic heterocycles. The Morgan fingerprint density at radius 3 is 2.28 bits per heavy atom. The number of ether oxygens (including phenoxy) is 1. The summed E-state index contributed by atoms with van der Waals surface area (Å²) in [6.45, 7) is 0.999. The number of Topliss-reactive ketones (excluding diaryl/α,β-unsaturated/α-hetero) is 1. The molecule has 32 heavy (non-hydrogen) atoms. The lowest BCUT2D eigenvalue weighted by Crippen LogP contribution is -2.45. The first-order valence-electron chi connectivity index (χ1n) is 9.40. The van der Waals surface area contributed by atoms with E-state index in [0.29, 0.717) is 0 Å². The van der Waals surface area contributed by atoms with Gasteiger partial charge in [0.15, 0.2) is 11.6 Å². The molecular formula is C21H18O10S. The fraction of sp³-hybridized carbons (Fsp3) is 0.286. The standard InChI is InChI=1S/C21H18O10S/c1-8(22)21(27)6-10-14(12(7-21)32(28,29)30)20(26)16-15(18(10)24)17(23)9-4-3-5-11(31-2)13(9)19(16)25/h3-5,12,24,26-27H,6-7H2,1-2H3,(H,28,29,30)/t12-,21+/m0/s1. The number of aliphatic hydroxyl groups is 1. The van der Waals surface area contributed by atoms with Crippen LogP contribution in [0.15, 0.2) is 18.2 Å². The Bertz CT molecular complexity index is 1340. The van der Waals surface area contributed by atoms with Gasteiger partial charge in [0, 0.05) is 29.5 Å². The van der Waals surface area contributed by atoms with Gasteiger partial charge in [-0.3, -0.25) is 18.9 Å². The van der Waals surface area contributed by atoms with Crippen molar-refractivity contribution in [1.29, 1.82) is 0 Å². The van der Waals surface area contributed by atoms with E-state index in [1.54, 1.807) is 0 Å². The molecule has 11 heteroatoms. The third-order valence-corrected chi connectivity index (χ3v) is 7.21. The van der Waals surface area contributed by atoms with Crippen LogP contribution in [0.4, 0.5) is 0 Å². The molecule has 2 aromatic carbocycles. The molecule has 168 valence electrons. The van der Waals surface area contributed by atoms with E-state index in [0.717, 1.165) is 6.92 Å². The van der Waals surface area contributed by atoms with Crippen LogP contribution in [-0.2, 0) is 21.3 Å². The molecular weight excluding hydrogens is 444 g/mol. The summed E-state index contributed by atoms with van der Waals surface area (Å²) in [7, 11) is -3.75. The Balaban J connectivity index is 2.11. The number of rotatable bonds is 3. The minimum atomic E-state index is -5.02. The number of fused-ring (bicyclic) bond motifs is 3. The van der Waals surface area contributed by atoms with Crippen LogP contribution in [0, 0.1) is 0 Å². The number of carbonyl (C=O) groups is 3. The summed E-state index contributed by atoms with van der Waals surface area (Å²) in [5.74, 6) is -4.34. The van der Waals surface area contributed by atoms with Crippen molar-refractivity contribution in [3.8, 4) is 17.2 Å². The molecule has 0 unspecified atom stereocenters. The highest BCUT2D eigenvalue weighted by atomic mass is 32.2. The normalized spacial score (nSPS) is 22.1. The minimum Gasteiger partial charge on any atom is -0.507 e. The maximum Gasteiger partial charge on any atom is 0.272 e. The molecule has 10 nitrogen and oxygen atoms in total. The average molecular weight is 462 g/mol. The van der Waals surface area contributed by atoms with E-state index >= 15 is 0 Å². The molecule has 0 amide bonds. The van der Waals surface area contributed by atoms with E-state index in [4.69, 9.17) is 4.74 Å². The van der Waals surface area contributed by atoms with Gasteiger partial charge in [-0.15, -0.1) is 0 Å². The van der Waals surface area contributed by atoms with Gasteiger partial charge >= 0.3 is 0 Å². The number of ketones is 3. The summed E-state index contributed by atoms with van der Waals surface area (Å²) in [5.41, 5.74) is -4.79. The zero-order valence-electron chi connectivity index (χ0n) is 16.9. The van der Waals surface area contributed by atoms with Gasteiger partial charge in [0.2, 0.25) is 5.78 Å². The molecule has 0 heterocycles. The third-order valence-electron chi connectivity index (χ3n) is 6.09. The molecule has 2 aliphatic rings. The van der Waals surface area contributed by atoms with Gasteiger partial charge in [-0.25, -0.2) is 0 Å². The Labute approximate surface area is 181 Å². The quantitative estimate of drug-likeness (QED) is 0.325. The molecule has 0 aromatic heterocycles. The van der Waals surface area contributed by atoms with E-state index in [1.165, 1.54) is 25.3 Å². The number of methoxy groups -OCH3 is 1. The number of phenolic OH excluding ortho intramolecular Hbond substituents is 2. The molecule has 0 radical (unpaired) electrons. The molecule has 2 aromatic rings. The first-order valence-corrected chi connectivity index (χ1v) is 10.9. The van der Waals surface area contributed by atoms with E-state index < -0.39 is 84.9 Å². The van der Waals surface area contributed by atoms with Crippen molar-refractivity contribution >= 4 is 27.5 Å². The average Bonchev–Trinajstić information content (AvgIpc) is 2.72. The van der Waals surface area contributed by atoms with Crippen molar-refractivity contribution in [2.24, 2.45) is 0 Å². The van der Waals surface area contributed by atoms with Gasteiger partial charge in [-0.05, 0) is 13.0 Å². The van der Waals surface area contributed by atoms with E-state index in [1.807, 2.05) is 0 Å². The Morgan fingerprint density at radius 1 is 1.09 bits per heavy atom. The molecule has 2 aliphatic carbocycles. The summed E-state index contributed by atoms with van der Waals surface area (Å²) in [5, 5.41) is 30.6. The van der Waals surface area contributed by atoms with Gasteiger partial charge in [-0.2, -0.15) is 8.42 Å². The third kappa shape index (κ3) is 2.85. The topological polar surface area (TPSA) is 176 Å². The second-order valence-electron chi connectivity index (χ2n) is 7.85. The Kier molecular flexibility index (Phi) is 4.70. The monoisotopic (exact) mass is 462 g/mol. The van der Waals surface area contributed by atoms with Crippen LogP contribution in [0.3, 0.4) is 0 Å². The van der Waals surface area contributed by atoms with Crippen molar-refractivity contribution in [3.63, 3.8) is 0 Å². The van der Waals surface area contributed by atoms with Crippen molar-refractivity contribution in [3.05, 3.63) is 51.6 Å². The number of hydrogen-bond acceptors (Lipinski definition) is 9. The predicted molar refractivity (Wildman–Crippen MR) is 108 cm³/mol. The fourth-order valence-electron chi connectivity index (χ4n) is 4.44. The lowest BCUT2D eigenvalue weighted by atomic mass is 9.73. The van der Waals surface area contributed by atoms with Crippen molar-refractivity contribution in [2.45, 2.75) is 30.6 Å². The highest BCUT2D eigenvalue weighted by Gasteiger charge is 2.50. The highest BCUT2D eigenvalue weighted by molar-refractivity contribution is 7.86. The van der Waals surface area contributed by atoms with Gasteiger partial charge in [0.1, 0.15) is 28.1 Å². The zero-order valence-corrected chi connectivity index (χ0v) is 17.7. The van der Waals surface area contributed by atoms with Crippen molar-refractivity contribution in [2.75, 3.05) is 7.11 Å². The minimum absolute atomic E-state index is 0.0281. The van der Waals surface area contributed by atoms with Crippen LogP contribution in [0.1, 0.15) is 61.6 Å². The van der Waals surface area contributed by atoms with E-state index in [2.05, 4.69) is 0 Å². The number of hydrogen-bond donors (Lipinski definition) is 4. The van der Waals surface area contributed by atoms with Crippen LogP contribution in [0.2, 0.25) is 0 Å². The highest BCUT2D eigenvalue weighted by Crippen LogP contribution is 2.52. The molecule has 0 saturated carbocycles. The van der Waals surface area contributed by atoms with E-state index in [9.17, 15) is 42.7 Å². The lowest BCUT2D eigenvalue weighted by molar-refractivity contribution is -0.136. The van der Waals surface area contributed by atoms with Crippen LogP contribution in [-0.4, -0.2) is 58.4 Å². The van der Waals surface area contributed by atoms with Gasteiger partial charge < -0.3 is 20.1 Å². The fourth-order valence-corrected chi connectivity index (χ4v) is 5.48. The van der Waals surface area contributed by atoms with Crippen LogP contribution >= 0.6 is 0 Å². The van der Waals surface area contributed by atoms with Crippen LogP contribution in [0.25, 0.3) is 0 Å². The van der Waals surface area contributed by atoms with E-state index in [-0.39, 0.29) is 16.9 Å². The molecule has 0 spiro atoms. The van der Waals surface area contributed by atoms with Crippen molar-refractivity contribution < 1.29 is 47.4 Å². The first-order chi connectivity index (χ1) is 14.8. The molecule has 2 atom stereocenters. The summed E-state index contributed by atoms with van der Waals surface area (Å²) in [6.07, 6.45) is -1.45. The molecule has 4 rings (SSSR count). The summed E-state index contributed by atoms with van der Waals surface area (Å²) in [6, 6.07) is 4.19. The number of benzene rings is 2. The predicted octanol–water partition coefficient (Wildman–Crippen LogP) is 1.08. The maximum absolute atomic E-state index is 13.3. The molecule has 0 bridgehead atoms.